The molecule has 0 aromatic rings. The van der Waals surface area contributed by atoms with Gasteiger partial charge in [-0.2, -0.15) is 0 Å². The largest absolute Gasteiger partial charge is 0.477 e. The Morgan fingerprint density at radius 3 is 0.914 bits per heavy atom. The SMILES string of the molecule is CC/C=C\C/C=C\C/C=C\C/C=C\C/C=C\C/C=C\C/C=C\C/C=C\CCCCCCCCCCC(=O)OC(COC(=O)CCCCCCCCCCCCCCCCCCCCCCCCCCCCCCCCCCCCC)COC(OCC[N+](C)(C)C)C(=O)O. The van der Waals surface area contributed by atoms with E-state index in [0.29, 0.717) is 23.9 Å². The van der Waals surface area contributed by atoms with E-state index in [0.717, 1.165) is 96.3 Å². The van der Waals surface area contributed by atoms with Crippen molar-refractivity contribution in [3.8, 4) is 0 Å². The number of hydrogen-bond donors (Lipinski definition) is 1. The topological polar surface area (TPSA) is 108 Å². The molecule has 2 unspecified atom stereocenters. The van der Waals surface area contributed by atoms with Gasteiger partial charge >= 0.3 is 17.9 Å². The number of carbonyl (C=O) groups is 3. The van der Waals surface area contributed by atoms with Crippen molar-refractivity contribution in [2.45, 2.75) is 373 Å². The van der Waals surface area contributed by atoms with Crippen molar-refractivity contribution >= 4 is 17.9 Å². The lowest BCUT2D eigenvalue weighted by atomic mass is 10.0. The third-order valence-electron chi connectivity index (χ3n) is 17.4. The number of quaternary nitrogens is 1. The van der Waals surface area contributed by atoms with Gasteiger partial charge in [0.2, 0.25) is 0 Å². The summed E-state index contributed by atoms with van der Waals surface area (Å²) in [6.07, 6.45) is 99.9. The lowest BCUT2D eigenvalue weighted by molar-refractivity contribution is -0.870. The molecule has 0 aliphatic heterocycles. The summed E-state index contributed by atoms with van der Waals surface area (Å²) in [6.45, 7) is 4.80. The molecule has 0 heterocycles. The van der Waals surface area contributed by atoms with Crippen molar-refractivity contribution in [2.75, 3.05) is 47.5 Å². The summed E-state index contributed by atoms with van der Waals surface area (Å²) in [7, 11) is 5.98. The molecule has 1 N–H and O–H groups in total. The Balaban J connectivity index is 4.06. The third kappa shape index (κ3) is 75.5. The van der Waals surface area contributed by atoms with Gasteiger partial charge < -0.3 is 28.5 Å². The number of esters is 2. The molecule has 0 aliphatic rings. The summed E-state index contributed by atoms with van der Waals surface area (Å²) in [5, 5.41) is 9.77. The number of carboxylic acids is 1. The highest BCUT2D eigenvalue weighted by atomic mass is 16.7. The van der Waals surface area contributed by atoms with Crippen molar-refractivity contribution in [1.29, 1.82) is 0 Å². The highest BCUT2D eigenvalue weighted by Gasteiger charge is 2.25. The van der Waals surface area contributed by atoms with E-state index >= 15 is 0 Å². The summed E-state index contributed by atoms with van der Waals surface area (Å²) in [6, 6.07) is 0. The van der Waals surface area contributed by atoms with Crippen LogP contribution in [0, 0.1) is 0 Å². The van der Waals surface area contributed by atoms with Crippen LogP contribution >= 0.6 is 0 Å². The Hall–Kier alpha value is -3.79. The van der Waals surface area contributed by atoms with Gasteiger partial charge in [-0.25, -0.2) is 4.79 Å². The monoisotopic (exact) mass is 1300 g/mol. The summed E-state index contributed by atoms with van der Waals surface area (Å²) < 4.78 is 23.0. The third-order valence-corrected chi connectivity index (χ3v) is 17.4. The normalized spacial score (nSPS) is 13.2. The summed E-state index contributed by atoms with van der Waals surface area (Å²) in [5.74, 6) is -2.00. The van der Waals surface area contributed by atoms with Gasteiger partial charge in [-0.15, -0.1) is 0 Å². The predicted octanol–water partition coefficient (Wildman–Crippen LogP) is 25.1. The molecule has 0 radical (unpaired) electrons. The van der Waals surface area contributed by atoms with Gasteiger partial charge in [0.05, 0.1) is 34.4 Å². The number of allylic oxidation sites excluding steroid dienone is 16. The highest BCUT2D eigenvalue weighted by Crippen LogP contribution is 2.19. The average molecular weight is 1300 g/mol. The first-order valence-corrected chi connectivity index (χ1v) is 39.4. The molecule has 0 amide bonds. The molecule has 0 bridgehead atoms. The van der Waals surface area contributed by atoms with E-state index in [1.54, 1.807) is 0 Å². The minimum absolute atomic E-state index is 0.183. The fraction of sp³-hybridized carbons (Fsp3) is 0.774. The standard InChI is InChI=1S/C84H149NO8/c1-6-8-10-12-14-16-18-20-22-24-26-28-30-32-34-36-38-40-41-43-44-46-48-50-52-54-56-58-60-62-64-66-68-70-72-74-81(86)91-78-80(79-92-84(83(88)89)90-77-76-85(3,4)5)93-82(87)75-73-71-69-67-65-63-61-59-57-55-53-51-49-47-45-42-39-37-35-33-31-29-27-25-23-21-19-17-15-13-11-9-7-2/h9,11,15,17,21,23,27,29,33,35,39,42,47,49,53,55,80,84H,6-8,10,12-14,16,18-20,22,24-26,28,30-32,34,36-38,40-41,43-46,48,50-52,54,56-79H2,1-5H3/p+1/b11-9-,17-15-,23-21-,29-27-,35-33-,42-39-,49-47-,55-53-. The number of carboxylic acid groups (broad SMARTS) is 1. The Morgan fingerprint density at radius 2 is 0.613 bits per heavy atom. The molecule has 0 fully saturated rings. The van der Waals surface area contributed by atoms with E-state index in [9.17, 15) is 19.5 Å². The van der Waals surface area contributed by atoms with E-state index in [4.69, 9.17) is 18.9 Å². The lowest BCUT2D eigenvalue weighted by Crippen LogP contribution is -2.40. The first-order valence-electron chi connectivity index (χ1n) is 39.4. The van der Waals surface area contributed by atoms with E-state index in [-0.39, 0.29) is 32.2 Å². The van der Waals surface area contributed by atoms with Gasteiger partial charge in [-0.05, 0) is 77.0 Å². The minimum Gasteiger partial charge on any atom is -0.477 e. The molecular formula is C84H150NO8+. The second-order valence-electron chi connectivity index (χ2n) is 27.7. The number of unbranched alkanes of at least 4 members (excludes halogenated alkanes) is 42. The number of likely N-dealkylation sites (N-methyl/N-ethyl adjacent to an activating group) is 1. The zero-order valence-electron chi connectivity index (χ0n) is 61.7. The highest BCUT2D eigenvalue weighted by molar-refractivity contribution is 5.71. The fourth-order valence-corrected chi connectivity index (χ4v) is 11.4. The predicted molar refractivity (Wildman–Crippen MR) is 401 cm³/mol. The van der Waals surface area contributed by atoms with Crippen LogP contribution in [0.4, 0.5) is 0 Å². The van der Waals surface area contributed by atoms with E-state index in [1.807, 2.05) is 21.1 Å². The van der Waals surface area contributed by atoms with Crippen molar-refractivity contribution in [1.82, 2.24) is 0 Å². The van der Waals surface area contributed by atoms with Crippen LogP contribution in [0.2, 0.25) is 0 Å². The Kier molecular flexibility index (Phi) is 71.0. The van der Waals surface area contributed by atoms with Crippen LogP contribution in [-0.4, -0.2) is 87.4 Å². The summed E-state index contributed by atoms with van der Waals surface area (Å²) in [5.41, 5.74) is 0. The number of carbonyl (C=O) groups excluding carboxylic acids is 2. The van der Waals surface area contributed by atoms with Gasteiger partial charge in [-0.3, -0.25) is 9.59 Å². The van der Waals surface area contributed by atoms with Gasteiger partial charge in [0.25, 0.3) is 6.29 Å². The molecule has 9 heteroatoms. The maximum absolute atomic E-state index is 13.0. The van der Waals surface area contributed by atoms with Crippen LogP contribution in [0.3, 0.4) is 0 Å². The van der Waals surface area contributed by atoms with Crippen LogP contribution in [0.1, 0.15) is 361 Å². The maximum atomic E-state index is 13.0. The number of aliphatic carboxylic acids is 1. The molecule has 0 aliphatic carbocycles. The number of rotatable bonds is 73. The molecule has 93 heavy (non-hydrogen) atoms. The minimum atomic E-state index is -1.52. The van der Waals surface area contributed by atoms with Gasteiger partial charge in [-0.1, -0.05) is 368 Å². The quantitative estimate of drug-likeness (QED) is 0.0211. The Morgan fingerprint density at radius 1 is 0.333 bits per heavy atom. The van der Waals surface area contributed by atoms with E-state index in [1.165, 1.54) is 231 Å². The molecular weight excluding hydrogens is 1150 g/mol. The average Bonchev–Trinajstić information content (AvgIpc) is 3.74. The molecule has 538 valence electrons. The van der Waals surface area contributed by atoms with Crippen LogP contribution < -0.4 is 0 Å². The van der Waals surface area contributed by atoms with E-state index in [2.05, 4.69) is 111 Å². The van der Waals surface area contributed by atoms with Crippen molar-refractivity contribution in [3.05, 3.63) is 97.2 Å². The van der Waals surface area contributed by atoms with Crippen LogP contribution in [0.25, 0.3) is 0 Å². The summed E-state index contributed by atoms with van der Waals surface area (Å²) in [4.78, 5) is 37.7. The summed E-state index contributed by atoms with van der Waals surface area (Å²) >= 11 is 0. The Bertz CT molecular complexity index is 1850. The second-order valence-corrected chi connectivity index (χ2v) is 27.7. The van der Waals surface area contributed by atoms with Gasteiger partial charge in [0.15, 0.2) is 6.10 Å². The zero-order valence-corrected chi connectivity index (χ0v) is 61.7. The van der Waals surface area contributed by atoms with Crippen molar-refractivity contribution < 1.29 is 42.9 Å². The number of ether oxygens (including phenoxy) is 4. The lowest BCUT2D eigenvalue weighted by Gasteiger charge is -2.25. The maximum Gasteiger partial charge on any atom is 0.361 e. The zero-order chi connectivity index (χ0) is 67.5. The van der Waals surface area contributed by atoms with Crippen LogP contribution in [0.15, 0.2) is 97.2 Å². The van der Waals surface area contributed by atoms with Crippen LogP contribution in [-0.2, 0) is 33.3 Å². The molecule has 2 atom stereocenters. The molecule has 0 aromatic heterocycles. The first-order chi connectivity index (χ1) is 45.6. The molecule has 0 aromatic carbocycles. The molecule has 0 spiro atoms. The van der Waals surface area contributed by atoms with Crippen molar-refractivity contribution in [2.24, 2.45) is 0 Å². The van der Waals surface area contributed by atoms with Crippen LogP contribution in [0.5, 0.6) is 0 Å². The fourth-order valence-electron chi connectivity index (χ4n) is 11.4. The molecule has 0 saturated heterocycles. The second kappa shape index (κ2) is 74.0. The Labute approximate surface area is 575 Å². The smallest absolute Gasteiger partial charge is 0.361 e. The number of nitrogens with zero attached hydrogens (tertiary/aromatic N) is 1. The first kappa shape index (κ1) is 89.2. The molecule has 9 nitrogen and oxygen atoms in total. The van der Waals surface area contributed by atoms with E-state index < -0.39 is 24.3 Å². The number of hydrogen-bond acceptors (Lipinski definition) is 7. The van der Waals surface area contributed by atoms with Gasteiger partial charge in [0, 0.05) is 12.8 Å². The van der Waals surface area contributed by atoms with Gasteiger partial charge in [0.1, 0.15) is 13.2 Å². The molecule has 0 rings (SSSR count). The molecule has 0 saturated carbocycles. The van der Waals surface area contributed by atoms with Crippen molar-refractivity contribution in [3.63, 3.8) is 0 Å².